The Balaban J connectivity index is 1.78. The highest BCUT2D eigenvalue weighted by Gasteiger charge is 2.08. The van der Waals surface area contributed by atoms with Crippen LogP contribution in [0.1, 0.15) is 13.3 Å². The minimum absolute atomic E-state index is 0.0537. The normalized spacial score (nSPS) is 10.4. The zero-order valence-corrected chi connectivity index (χ0v) is 13.5. The number of aromatic nitrogens is 2. The molecule has 0 aliphatic carbocycles. The van der Waals surface area contributed by atoms with Crippen molar-refractivity contribution < 1.29 is 4.79 Å². The molecule has 4 nitrogen and oxygen atoms in total. The molecule has 2 rings (SSSR count). The van der Waals surface area contributed by atoms with Crippen molar-refractivity contribution in [2.75, 3.05) is 16.8 Å². The van der Waals surface area contributed by atoms with E-state index in [4.69, 9.17) is 0 Å². The van der Waals surface area contributed by atoms with Crippen molar-refractivity contribution in [2.24, 2.45) is 0 Å². The Labute approximate surface area is 130 Å². The van der Waals surface area contributed by atoms with Gasteiger partial charge in [-0.25, -0.2) is 0 Å². The van der Waals surface area contributed by atoms with Gasteiger partial charge in [0.1, 0.15) is 0 Å². The molecular formula is C13H15N3OS3. The molecule has 1 heterocycles. The van der Waals surface area contributed by atoms with Crippen LogP contribution in [0.4, 0.5) is 5.13 Å². The number of nitrogens with one attached hydrogen (secondary N) is 1. The Kier molecular flexibility index (Phi) is 6.35. The molecule has 106 valence electrons. The Bertz CT molecular complexity index is 545. The first-order valence-electron chi connectivity index (χ1n) is 6.22. The number of amides is 1. The predicted octanol–water partition coefficient (Wildman–Crippen LogP) is 3.77. The molecule has 1 N–H and O–H groups in total. The molecule has 2 aromatic rings. The highest BCUT2D eigenvalue weighted by Crippen LogP contribution is 2.26. The summed E-state index contributed by atoms with van der Waals surface area (Å²) in [6.07, 6.45) is 1.10. The van der Waals surface area contributed by atoms with Gasteiger partial charge in [-0.15, -0.1) is 22.0 Å². The van der Waals surface area contributed by atoms with E-state index in [0.717, 1.165) is 21.4 Å². The number of thioether (sulfide) groups is 2. The summed E-state index contributed by atoms with van der Waals surface area (Å²) >= 11 is 4.60. The molecule has 0 bridgehead atoms. The molecule has 7 heteroatoms. The van der Waals surface area contributed by atoms with Crippen LogP contribution in [0.5, 0.6) is 0 Å². The summed E-state index contributed by atoms with van der Waals surface area (Å²) in [4.78, 5) is 12.9. The van der Waals surface area contributed by atoms with Crippen molar-refractivity contribution in [1.29, 1.82) is 0 Å². The van der Waals surface area contributed by atoms with E-state index < -0.39 is 0 Å². The number of carbonyl (C=O) groups excluding carboxylic acids is 1. The summed E-state index contributed by atoms with van der Waals surface area (Å²) in [7, 11) is 0. The standard InChI is InChI=1S/C13H15N3OS3/c1-2-8-18-13-16-15-12(20-13)14-11(17)9-19-10-6-4-3-5-7-10/h3-7H,2,8-9H2,1H3,(H,14,15,17). The van der Waals surface area contributed by atoms with E-state index in [1.165, 1.54) is 23.1 Å². The summed E-state index contributed by atoms with van der Waals surface area (Å²) < 4.78 is 0.901. The quantitative estimate of drug-likeness (QED) is 0.620. The maximum Gasteiger partial charge on any atom is 0.236 e. The average Bonchev–Trinajstić information content (AvgIpc) is 2.91. The number of carbonyl (C=O) groups is 1. The Morgan fingerprint density at radius 2 is 2.05 bits per heavy atom. The molecule has 0 spiro atoms. The Morgan fingerprint density at radius 3 is 2.80 bits per heavy atom. The highest BCUT2D eigenvalue weighted by atomic mass is 32.2. The Morgan fingerprint density at radius 1 is 1.25 bits per heavy atom. The topological polar surface area (TPSA) is 54.9 Å². The van der Waals surface area contributed by atoms with Crippen LogP contribution in [-0.4, -0.2) is 27.6 Å². The fraction of sp³-hybridized carbons (Fsp3) is 0.308. The maximum absolute atomic E-state index is 11.8. The lowest BCUT2D eigenvalue weighted by Crippen LogP contribution is -2.13. The SMILES string of the molecule is CCCSc1nnc(NC(=O)CSc2ccccc2)s1. The summed E-state index contributed by atoms with van der Waals surface area (Å²) in [6.45, 7) is 2.12. The number of nitrogens with zero attached hydrogens (tertiary/aromatic N) is 2. The van der Waals surface area contributed by atoms with Gasteiger partial charge >= 0.3 is 0 Å². The average molecular weight is 325 g/mol. The molecule has 0 saturated carbocycles. The number of hydrogen-bond donors (Lipinski definition) is 1. The van der Waals surface area contributed by atoms with Crippen molar-refractivity contribution in [3.8, 4) is 0 Å². The third-order valence-corrected chi connectivity index (χ3v) is 5.39. The van der Waals surface area contributed by atoms with E-state index in [0.29, 0.717) is 10.9 Å². The van der Waals surface area contributed by atoms with E-state index in [1.807, 2.05) is 30.3 Å². The second-order valence-electron chi connectivity index (χ2n) is 3.87. The van der Waals surface area contributed by atoms with Crippen LogP contribution < -0.4 is 5.32 Å². The fourth-order valence-electron chi connectivity index (χ4n) is 1.33. The number of hydrogen-bond acceptors (Lipinski definition) is 6. The third kappa shape index (κ3) is 5.15. The van der Waals surface area contributed by atoms with Crippen LogP contribution in [0.3, 0.4) is 0 Å². The van der Waals surface area contributed by atoms with Crippen molar-refractivity contribution in [3.05, 3.63) is 30.3 Å². The molecule has 0 aliphatic heterocycles. The molecular weight excluding hydrogens is 310 g/mol. The molecule has 0 radical (unpaired) electrons. The summed E-state index contributed by atoms with van der Waals surface area (Å²) in [5.74, 6) is 1.34. The smallest absolute Gasteiger partial charge is 0.236 e. The second kappa shape index (κ2) is 8.28. The monoisotopic (exact) mass is 325 g/mol. The summed E-state index contributed by atoms with van der Waals surface area (Å²) in [5, 5.41) is 11.4. The van der Waals surface area contributed by atoms with Crippen LogP contribution in [0.15, 0.2) is 39.6 Å². The second-order valence-corrected chi connectivity index (χ2v) is 7.24. The van der Waals surface area contributed by atoms with E-state index in [9.17, 15) is 4.79 Å². The molecule has 0 aliphatic rings. The lowest BCUT2D eigenvalue weighted by atomic mass is 10.4. The van der Waals surface area contributed by atoms with Gasteiger partial charge in [0.15, 0.2) is 4.34 Å². The fourth-order valence-corrected chi connectivity index (χ4v) is 3.74. The molecule has 0 unspecified atom stereocenters. The van der Waals surface area contributed by atoms with Crippen LogP contribution in [-0.2, 0) is 4.79 Å². The molecule has 1 aromatic carbocycles. The van der Waals surface area contributed by atoms with Gasteiger partial charge in [0, 0.05) is 10.6 Å². The summed E-state index contributed by atoms with van der Waals surface area (Å²) in [5.41, 5.74) is 0. The van der Waals surface area contributed by atoms with Crippen LogP contribution in [0.2, 0.25) is 0 Å². The Hall–Kier alpha value is -1.05. The van der Waals surface area contributed by atoms with E-state index in [1.54, 1.807) is 11.8 Å². The predicted molar refractivity (Wildman–Crippen MR) is 86.7 cm³/mol. The zero-order chi connectivity index (χ0) is 14.2. The van der Waals surface area contributed by atoms with E-state index in [-0.39, 0.29) is 5.91 Å². The van der Waals surface area contributed by atoms with E-state index in [2.05, 4.69) is 22.4 Å². The van der Waals surface area contributed by atoms with Gasteiger partial charge in [-0.2, -0.15) is 0 Å². The van der Waals surface area contributed by atoms with Crippen molar-refractivity contribution >= 4 is 45.9 Å². The van der Waals surface area contributed by atoms with Crippen molar-refractivity contribution in [2.45, 2.75) is 22.6 Å². The minimum atomic E-state index is -0.0537. The molecule has 1 amide bonds. The van der Waals surface area contributed by atoms with Gasteiger partial charge in [-0.1, -0.05) is 48.2 Å². The lowest BCUT2D eigenvalue weighted by Gasteiger charge is -2.01. The van der Waals surface area contributed by atoms with Gasteiger partial charge in [0.25, 0.3) is 0 Å². The van der Waals surface area contributed by atoms with Gasteiger partial charge < -0.3 is 0 Å². The van der Waals surface area contributed by atoms with Gasteiger partial charge in [0.2, 0.25) is 11.0 Å². The minimum Gasteiger partial charge on any atom is -0.300 e. The van der Waals surface area contributed by atoms with Crippen LogP contribution in [0.25, 0.3) is 0 Å². The van der Waals surface area contributed by atoms with Gasteiger partial charge in [-0.05, 0) is 18.6 Å². The first-order valence-corrected chi connectivity index (χ1v) is 9.00. The molecule has 0 atom stereocenters. The largest absolute Gasteiger partial charge is 0.300 e. The molecule has 0 saturated heterocycles. The van der Waals surface area contributed by atoms with Gasteiger partial charge in [0.05, 0.1) is 5.75 Å². The lowest BCUT2D eigenvalue weighted by molar-refractivity contribution is -0.113. The number of anilines is 1. The molecule has 20 heavy (non-hydrogen) atoms. The maximum atomic E-state index is 11.8. The molecule has 1 aromatic heterocycles. The highest BCUT2D eigenvalue weighted by molar-refractivity contribution is 8.01. The third-order valence-electron chi connectivity index (χ3n) is 2.20. The number of benzene rings is 1. The first-order chi connectivity index (χ1) is 9.78. The molecule has 0 fully saturated rings. The summed E-state index contributed by atoms with van der Waals surface area (Å²) in [6, 6.07) is 9.86. The zero-order valence-electron chi connectivity index (χ0n) is 11.0. The van der Waals surface area contributed by atoms with Crippen molar-refractivity contribution in [1.82, 2.24) is 10.2 Å². The van der Waals surface area contributed by atoms with Crippen LogP contribution in [0, 0.1) is 0 Å². The number of rotatable bonds is 7. The van der Waals surface area contributed by atoms with Crippen molar-refractivity contribution in [3.63, 3.8) is 0 Å². The van der Waals surface area contributed by atoms with E-state index >= 15 is 0 Å². The van der Waals surface area contributed by atoms with Gasteiger partial charge in [-0.3, -0.25) is 10.1 Å². The van der Waals surface area contributed by atoms with Crippen LogP contribution >= 0.6 is 34.9 Å². The first kappa shape index (κ1) is 15.3.